The highest BCUT2D eigenvalue weighted by atomic mass is 79.9. The predicted molar refractivity (Wildman–Crippen MR) is 223 cm³/mol. The van der Waals surface area contributed by atoms with Crippen molar-refractivity contribution >= 4 is 67.1 Å². The first-order chi connectivity index (χ1) is 27.3. The Hall–Kier alpha value is -6.24. The first kappa shape index (κ1) is 38.1. The smallest absolute Gasteiger partial charge is 0.306 e. The number of hydrogen-bond acceptors (Lipinski definition) is 4. The fourth-order valence-corrected chi connectivity index (χ4v) is 7.39. The lowest BCUT2D eigenvalue weighted by molar-refractivity contribution is -0.122. The van der Waals surface area contributed by atoms with Crippen molar-refractivity contribution in [3.8, 4) is 0 Å². The van der Waals surface area contributed by atoms with Gasteiger partial charge in [0.15, 0.2) is 0 Å². The van der Waals surface area contributed by atoms with E-state index in [1.165, 1.54) is 10.0 Å². The summed E-state index contributed by atoms with van der Waals surface area (Å²) in [6.45, 7) is 0. The van der Waals surface area contributed by atoms with Crippen LogP contribution in [0.5, 0.6) is 0 Å². The lowest BCUT2D eigenvalue weighted by atomic mass is 9.87. The quantitative estimate of drug-likeness (QED) is 0.133. The van der Waals surface area contributed by atoms with Crippen LogP contribution in [0.1, 0.15) is 46.2 Å². The summed E-state index contributed by atoms with van der Waals surface area (Å²) in [6, 6.07) is 51.1. The zero-order valence-electron chi connectivity index (χ0n) is 29.8. The Kier molecular flexibility index (Phi) is 11.9. The molecule has 0 radical (unpaired) electrons. The van der Waals surface area contributed by atoms with Crippen molar-refractivity contribution in [2.75, 3.05) is 10.6 Å². The lowest BCUT2D eigenvalue weighted by Gasteiger charge is -2.26. The van der Waals surface area contributed by atoms with Crippen molar-refractivity contribution < 1.29 is 19.2 Å². The second-order valence-electron chi connectivity index (χ2n) is 13.1. The summed E-state index contributed by atoms with van der Waals surface area (Å²) in [5.41, 5.74) is 10.3. The van der Waals surface area contributed by atoms with Crippen LogP contribution in [0.4, 0.5) is 21.0 Å². The third-order valence-electron chi connectivity index (χ3n) is 9.44. The van der Waals surface area contributed by atoms with Crippen LogP contribution in [0.15, 0.2) is 179 Å². The molecule has 6 aromatic carbocycles. The largest absolute Gasteiger partial charge is 0.341 e. The summed E-state index contributed by atoms with van der Waals surface area (Å²) in [4.78, 5) is 51.7. The van der Waals surface area contributed by atoms with Crippen LogP contribution in [0.2, 0.25) is 0 Å². The molecule has 0 saturated carbocycles. The molecule has 280 valence electrons. The highest BCUT2D eigenvalue weighted by molar-refractivity contribution is 9.10. The number of anilines is 2. The number of halogens is 2. The number of carbonyl (C=O) groups excluding carboxylic acids is 4. The van der Waals surface area contributed by atoms with Crippen molar-refractivity contribution in [1.82, 2.24) is 20.9 Å². The van der Waals surface area contributed by atoms with Gasteiger partial charge in [0.05, 0.1) is 23.9 Å². The fourth-order valence-electron chi connectivity index (χ4n) is 6.86. The van der Waals surface area contributed by atoms with Gasteiger partial charge >= 0.3 is 12.1 Å². The van der Waals surface area contributed by atoms with Crippen molar-refractivity contribution in [1.29, 1.82) is 0 Å². The maximum Gasteiger partial charge on any atom is 0.341 e. The van der Waals surface area contributed by atoms with E-state index in [2.05, 4.69) is 53.3 Å². The van der Waals surface area contributed by atoms with Gasteiger partial charge in [-0.1, -0.05) is 153 Å². The summed E-state index contributed by atoms with van der Waals surface area (Å²) < 4.78 is 1.84. The number of amides is 6. The van der Waals surface area contributed by atoms with Crippen LogP contribution >= 0.6 is 31.9 Å². The van der Waals surface area contributed by atoms with Crippen LogP contribution in [0.25, 0.3) is 0 Å². The predicted octanol–water partition coefficient (Wildman–Crippen LogP) is 9.71. The molecule has 2 heterocycles. The Morgan fingerprint density at radius 3 is 1.02 bits per heavy atom. The van der Waals surface area contributed by atoms with E-state index >= 15 is 0 Å². The van der Waals surface area contributed by atoms with E-state index in [0.717, 1.165) is 31.2 Å². The van der Waals surface area contributed by atoms with Crippen LogP contribution in [0, 0.1) is 0 Å². The topological polar surface area (TPSA) is 123 Å². The van der Waals surface area contributed by atoms with Gasteiger partial charge in [-0.25, -0.2) is 19.6 Å². The molecule has 0 aromatic heterocycles. The number of rotatable bonds is 6. The minimum absolute atomic E-state index is 0.203. The maximum atomic E-state index is 13.0. The second-order valence-corrected chi connectivity index (χ2v) is 14.9. The molecule has 0 aliphatic carbocycles. The number of hydrazine groups is 2. The van der Waals surface area contributed by atoms with Crippen LogP contribution in [0.3, 0.4) is 0 Å². The van der Waals surface area contributed by atoms with Crippen LogP contribution < -0.4 is 21.5 Å². The van der Waals surface area contributed by atoms with Crippen LogP contribution in [-0.4, -0.2) is 33.9 Å². The van der Waals surface area contributed by atoms with Gasteiger partial charge < -0.3 is 10.6 Å². The average Bonchev–Trinajstić information content (AvgIpc) is 3.78. The van der Waals surface area contributed by atoms with Gasteiger partial charge in [-0.05, 0) is 70.8 Å². The van der Waals surface area contributed by atoms with Gasteiger partial charge in [-0.3, -0.25) is 20.4 Å². The van der Waals surface area contributed by atoms with E-state index in [0.29, 0.717) is 11.4 Å². The number of carbonyl (C=O) groups is 4. The second kappa shape index (κ2) is 17.5. The fraction of sp³-hybridized carbons (Fsp3) is 0.0909. The minimum atomic E-state index is -0.487. The number of nitrogens with one attached hydrogen (secondary N) is 4. The van der Waals surface area contributed by atoms with Gasteiger partial charge in [0, 0.05) is 20.3 Å². The van der Waals surface area contributed by atoms with Crippen LogP contribution in [-0.2, 0) is 9.59 Å². The Morgan fingerprint density at radius 2 is 0.714 bits per heavy atom. The molecule has 56 heavy (non-hydrogen) atoms. The molecule has 2 aliphatic heterocycles. The SMILES string of the molecule is O=C1NN(C(=O)Nc2ccc(Br)cc2)[C@@H](c2ccccc2)[C@@H]1c1ccccc1.O=C1NN(C(=O)Nc2ccc(Br)cc2)[C@@H](c2ccccc2)[C@@H]1c1ccccc1. The highest BCUT2D eigenvalue weighted by Crippen LogP contribution is 2.41. The molecular formula is C44H36Br2N6O4. The molecule has 6 amide bonds. The van der Waals surface area contributed by atoms with E-state index in [9.17, 15) is 19.2 Å². The Morgan fingerprint density at radius 1 is 0.429 bits per heavy atom. The molecular weight excluding hydrogens is 836 g/mol. The molecule has 4 N–H and O–H groups in total. The van der Waals surface area contributed by atoms with E-state index in [4.69, 9.17) is 0 Å². The monoisotopic (exact) mass is 870 g/mol. The summed E-state index contributed by atoms with van der Waals surface area (Å²) in [6.07, 6.45) is 0. The molecule has 2 aliphatic rings. The molecule has 0 unspecified atom stereocenters. The van der Waals surface area contributed by atoms with Gasteiger partial charge in [-0.15, -0.1) is 0 Å². The molecule has 4 atom stereocenters. The van der Waals surface area contributed by atoms with Gasteiger partial charge in [0.25, 0.3) is 0 Å². The molecule has 8 rings (SSSR count). The zero-order valence-corrected chi connectivity index (χ0v) is 32.9. The van der Waals surface area contributed by atoms with Gasteiger partial charge in [0.1, 0.15) is 0 Å². The third-order valence-corrected chi connectivity index (χ3v) is 10.5. The normalized spacial score (nSPS) is 18.6. The summed E-state index contributed by atoms with van der Waals surface area (Å²) >= 11 is 6.76. The van der Waals surface area contributed by atoms with Crippen molar-refractivity contribution in [3.05, 3.63) is 201 Å². The maximum absolute atomic E-state index is 13.0. The molecule has 2 saturated heterocycles. The molecule has 12 heteroatoms. The first-order valence-electron chi connectivity index (χ1n) is 17.8. The molecule has 0 spiro atoms. The van der Waals surface area contributed by atoms with Gasteiger partial charge in [-0.2, -0.15) is 0 Å². The van der Waals surface area contributed by atoms with Gasteiger partial charge in [0.2, 0.25) is 11.8 Å². The summed E-state index contributed by atoms with van der Waals surface area (Å²) in [5, 5.41) is 8.48. The Balaban J connectivity index is 0.000000172. The van der Waals surface area contributed by atoms with E-state index in [1.54, 1.807) is 24.3 Å². The van der Waals surface area contributed by atoms with E-state index in [-0.39, 0.29) is 23.9 Å². The van der Waals surface area contributed by atoms with Crippen molar-refractivity contribution in [3.63, 3.8) is 0 Å². The highest BCUT2D eigenvalue weighted by Gasteiger charge is 2.46. The lowest BCUT2D eigenvalue weighted by Crippen LogP contribution is -2.42. The van der Waals surface area contributed by atoms with E-state index < -0.39 is 23.9 Å². The number of urea groups is 2. The Bertz CT molecular complexity index is 2120. The van der Waals surface area contributed by atoms with E-state index in [1.807, 2.05) is 146 Å². The molecule has 10 nitrogen and oxygen atoms in total. The number of nitrogens with zero attached hydrogens (tertiary/aromatic N) is 2. The Labute approximate surface area is 341 Å². The third kappa shape index (κ3) is 8.67. The summed E-state index contributed by atoms with van der Waals surface area (Å²) in [7, 11) is 0. The molecule has 0 bridgehead atoms. The molecule has 2 fully saturated rings. The number of benzene rings is 6. The zero-order chi connectivity index (χ0) is 39.0. The minimum Gasteiger partial charge on any atom is -0.306 e. The van der Waals surface area contributed by atoms with Crippen molar-refractivity contribution in [2.24, 2.45) is 0 Å². The first-order valence-corrected chi connectivity index (χ1v) is 19.4. The average molecular weight is 873 g/mol. The number of hydrogen-bond donors (Lipinski definition) is 4. The molecule has 6 aromatic rings. The summed E-state index contributed by atoms with van der Waals surface area (Å²) in [5.74, 6) is -1.38. The standard InChI is InChI=1S/2C22H18BrN3O2/c2*23-17-11-13-18(14-12-17)24-22(28)26-20(16-9-5-2-6-10-16)19(21(27)25-26)15-7-3-1-4-8-15/h2*1-14,19-20H,(H,24,28)(H,25,27)/t2*19-,20-/m00/s1. The van der Waals surface area contributed by atoms with Crippen molar-refractivity contribution in [2.45, 2.75) is 23.9 Å².